The molecule has 2 aromatic heterocycles. The maximum Gasteiger partial charge on any atom is 0.137 e. The summed E-state index contributed by atoms with van der Waals surface area (Å²) in [6.07, 6.45) is 6.07. The van der Waals surface area contributed by atoms with Gasteiger partial charge in [0, 0.05) is 24.9 Å². The van der Waals surface area contributed by atoms with Crippen molar-refractivity contribution in [2.24, 2.45) is 0 Å². The number of hydrogen-bond donors (Lipinski definition) is 1. The molecule has 0 saturated carbocycles. The van der Waals surface area contributed by atoms with Gasteiger partial charge in [-0.25, -0.2) is 0 Å². The van der Waals surface area contributed by atoms with Crippen molar-refractivity contribution in [2.75, 3.05) is 13.1 Å². The van der Waals surface area contributed by atoms with E-state index >= 15 is 0 Å². The van der Waals surface area contributed by atoms with Gasteiger partial charge in [0.05, 0.1) is 6.54 Å². The monoisotopic (exact) mass is 257 g/mol. The first-order valence-electron chi connectivity index (χ1n) is 6.84. The Morgan fingerprint density at radius 3 is 2.89 bits per heavy atom. The molecule has 1 N–H and O–H groups in total. The summed E-state index contributed by atoms with van der Waals surface area (Å²) in [6.45, 7) is 4.98. The molecule has 1 saturated heterocycles. The van der Waals surface area contributed by atoms with Gasteiger partial charge in [-0.15, -0.1) is 10.2 Å². The van der Waals surface area contributed by atoms with Gasteiger partial charge >= 0.3 is 0 Å². The topological polar surface area (TPSA) is 55.6 Å². The van der Waals surface area contributed by atoms with Gasteiger partial charge in [-0.3, -0.25) is 4.98 Å². The van der Waals surface area contributed by atoms with Crippen LogP contribution in [0.25, 0.3) is 0 Å². The minimum absolute atomic E-state index is 0.483. The number of aromatic nitrogens is 4. The number of nitrogens with one attached hydrogen (secondary N) is 1. The van der Waals surface area contributed by atoms with Crippen molar-refractivity contribution in [3.05, 3.63) is 41.7 Å². The fraction of sp³-hybridized carbons (Fsp3) is 0.500. The van der Waals surface area contributed by atoms with Crippen LogP contribution in [0.2, 0.25) is 0 Å². The number of nitrogens with zero attached hydrogens (tertiary/aromatic N) is 4. The fourth-order valence-electron chi connectivity index (χ4n) is 2.64. The highest BCUT2D eigenvalue weighted by Crippen LogP contribution is 2.22. The molecular weight excluding hydrogens is 238 g/mol. The molecule has 1 aliphatic rings. The lowest BCUT2D eigenvalue weighted by molar-refractivity contribution is 0.434. The van der Waals surface area contributed by atoms with Gasteiger partial charge in [-0.1, -0.05) is 0 Å². The maximum atomic E-state index is 4.39. The molecular formula is C14H19N5. The van der Waals surface area contributed by atoms with Gasteiger partial charge in [0.15, 0.2) is 0 Å². The smallest absolute Gasteiger partial charge is 0.137 e. The number of hydrogen-bond acceptors (Lipinski definition) is 4. The van der Waals surface area contributed by atoms with Gasteiger partial charge < -0.3 is 9.88 Å². The molecule has 100 valence electrons. The predicted octanol–water partition coefficient (Wildman–Crippen LogP) is 1.50. The van der Waals surface area contributed by atoms with Crippen molar-refractivity contribution in [1.29, 1.82) is 0 Å². The standard InChI is InChI=1S/C14H19N5/c1-11-17-18-14(13-3-2-6-16-9-13)19(11)10-12-4-7-15-8-5-12/h4-5,7-8,13,16H,2-3,6,9-10H2,1H3. The lowest BCUT2D eigenvalue weighted by Crippen LogP contribution is -2.30. The minimum atomic E-state index is 0.483. The van der Waals surface area contributed by atoms with E-state index in [1.165, 1.54) is 18.4 Å². The van der Waals surface area contributed by atoms with Crippen LogP contribution >= 0.6 is 0 Å². The lowest BCUT2D eigenvalue weighted by atomic mass is 9.99. The first kappa shape index (κ1) is 12.3. The average molecular weight is 257 g/mol. The summed E-state index contributed by atoms with van der Waals surface area (Å²) in [4.78, 5) is 4.06. The van der Waals surface area contributed by atoms with E-state index in [0.29, 0.717) is 5.92 Å². The van der Waals surface area contributed by atoms with Crippen LogP contribution in [-0.4, -0.2) is 32.8 Å². The van der Waals surface area contributed by atoms with Crippen LogP contribution < -0.4 is 5.32 Å². The summed E-state index contributed by atoms with van der Waals surface area (Å²) in [5, 5.41) is 12.1. The molecule has 1 unspecified atom stereocenters. The number of piperidine rings is 1. The van der Waals surface area contributed by atoms with E-state index in [1.807, 2.05) is 31.5 Å². The molecule has 0 spiro atoms. The number of pyridine rings is 1. The summed E-state index contributed by atoms with van der Waals surface area (Å²) >= 11 is 0. The molecule has 5 heteroatoms. The Bertz CT molecular complexity index is 528. The van der Waals surface area contributed by atoms with Gasteiger partial charge in [0.2, 0.25) is 0 Å². The highest BCUT2D eigenvalue weighted by Gasteiger charge is 2.21. The molecule has 0 bridgehead atoms. The third-order valence-electron chi connectivity index (χ3n) is 3.72. The summed E-state index contributed by atoms with van der Waals surface area (Å²) in [6, 6.07) is 4.09. The van der Waals surface area contributed by atoms with Crippen molar-refractivity contribution in [1.82, 2.24) is 25.1 Å². The van der Waals surface area contributed by atoms with Crippen LogP contribution in [0.15, 0.2) is 24.5 Å². The Balaban J connectivity index is 1.86. The van der Waals surface area contributed by atoms with Crippen LogP contribution in [0.4, 0.5) is 0 Å². The van der Waals surface area contributed by atoms with Crippen LogP contribution in [-0.2, 0) is 6.54 Å². The van der Waals surface area contributed by atoms with Crippen molar-refractivity contribution in [2.45, 2.75) is 32.2 Å². The summed E-state index contributed by atoms with van der Waals surface area (Å²) in [5.41, 5.74) is 1.24. The van der Waals surface area contributed by atoms with E-state index in [9.17, 15) is 0 Å². The zero-order valence-electron chi connectivity index (χ0n) is 11.2. The minimum Gasteiger partial charge on any atom is -0.316 e. The third kappa shape index (κ3) is 2.66. The van der Waals surface area contributed by atoms with E-state index in [1.54, 1.807) is 0 Å². The molecule has 0 radical (unpaired) electrons. The molecule has 1 aliphatic heterocycles. The second kappa shape index (κ2) is 5.48. The Labute approximate surface area is 113 Å². The molecule has 0 aliphatic carbocycles. The molecule has 0 aromatic carbocycles. The molecule has 1 fully saturated rings. The predicted molar refractivity (Wildman–Crippen MR) is 72.9 cm³/mol. The van der Waals surface area contributed by atoms with Gasteiger partial charge in [0.1, 0.15) is 11.6 Å². The summed E-state index contributed by atoms with van der Waals surface area (Å²) in [5.74, 6) is 2.58. The van der Waals surface area contributed by atoms with Crippen molar-refractivity contribution in [3.63, 3.8) is 0 Å². The molecule has 5 nitrogen and oxygen atoms in total. The van der Waals surface area contributed by atoms with Crippen LogP contribution in [0.1, 0.15) is 36.0 Å². The van der Waals surface area contributed by atoms with Crippen LogP contribution in [0.3, 0.4) is 0 Å². The zero-order valence-corrected chi connectivity index (χ0v) is 11.2. The van der Waals surface area contributed by atoms with Gasteiger partial charge in [-0.05, 0) is 44.0 Å². The van der Waals surface area contributed by atoms with Gasteiger partial charge in [0.25, 0.3) is 0 Å². The van der Waals surface area contributed by atoms with Crippen molar-refractivity contribution >= 4 is 0 Å². The number of aryl methyl sites for hydroxylation is 1. The molecule has 19 heavy (non-hydrogen) atoms. The first-order chi connectivity index (χ1) is 9.34. The molecule has 0 amide bonds. The third-order valence-corrected chi connectivity index (χ3v) is 3.72. The number of rotatable bonds is 3. The second-order valence-corrected chi connectivity index (χ2v) is 5.09. The normalized spacial score (nSPS) is 19.5. The Morgan fingerprint density at radius 1 is 1.32 bits per heavy atom. The quantitative estimate of drug-likeness (QED) is 0.905. The summed E-state index contributed by atoms with van der Waals surface area (Å²) in [7, 11) is 0. The molecule has 3 heterocycles. The Kier molecular flexibility index (Phi) is 3.55. The Morgan fingerprint density at radius 2 is 2.16 bits per heavy atom. The van der Waals surface area contributed by atoms with Crippen molar-refractivity contribution in [3.8, 4) is 0 Å². The lowest BCUT2D eigenvalue weighted by Gasteiger charge is -2.22. The molecule has 1 atom stereocenters. The molecule has 2 aromatic rings. The SMILES string of the molecule is Cc1nnc(C2CCCNC2)n1Cc1ccncc1. The summed E-state index contributed by atoms with van der Waals surface area (Å²) < 4.78 is 2.23. The second-order valence-electron chi connectivity index (χ2n) is 5.09. The largest absolute Gasteiger partial charge is 0.316 e. The maximum absolute atomic E-state index is 4.39. The van der Waals surface area contributed by atoms with Crippen LogP contribution in [0, 0.1) is 6.92 Å². The Hall–Kier alpha value is -1.75. The van der Waals surface area contributed by atoms with Gasteiger partial charge in [-0.2, -0.15) is 0 Å². The van der Waals surface area contributed by atoms with E-state index in [0.717, 1.165) is 31.3 Å². The van der Waals surface area contributed by atoms with Crippen molar-refractivity contribution < 1.29 is 0 Å². The molecule has 3 rings (SSSR count). The highest BCUT2D eigenvalue weighted by atomic mass is 15.3. The van der Waals surface area contributed by atoms with E-state index in [2.05, 4.69) is 25.1 Å². The average Bonchev–Trinajstić information content (AvgIpc) is 2.82. The zero-order chi connectivity index (χ0) is 13.1. The first-order valence-corrected chi connectivity index (χ1v) is 6.84. The fourth-order valence-corrected chi connectivity index (χ4v) is 2.64. The van der Waals surface area contributed by atoms with E-state index in [-0.39, 0.29) is 0 Å². The van der Waals surface area contributed by atoms with E-state index in [4.69, 9.17) is 0 Å². The highest BCUT2D eigenvalue weighted by molar-refractivity contribution is 5.13. The van der Waals surface area contributed by atoms with Crippen LogP contribution in [0.5, 0.6) is 0 Å². The van der Waals surface area contributed by atoms with E-state index < -0.39 is 0 Å².